The quantitative estimate of drug-likeness (QED) is 0.728. The summed E-state index contributed by atoms with van der Waals surface area (Å²) in [6.45, 7) is 2.59. The zero-order valence-electron chi connectivity index (χ0n) is 14.2. The van der Waals surface area contributed by atoms with Gasteiger partial charge in [-0.05, 0) is 49.7 Å². The van der Waals surface area contributed by atoms with Crippen molar-refractivity contribution in [3.63, 3.8) is 0 Å². The summed E-state index contributed by atoms with van der Waals surface area (Å²) in [4.78, 5) is 12.1. The molecule has 7 heteroatoms. The lowest BCUT2D eigenvalue weighted by Gasteiger charge is -2.15. The summed E-state index contributed by atoms with van der Waals surface area (Å²) in [5.41, 5.74) is 2.89. The first kappa shape index (κ1) is 20.8. The Kier molecular flexibility index (Phi) is 8.04. The van der Waals surface area contributed by atoms with E-state index in [2.05, 4.69) is 16.7 Å². The molecule has 1 amide bonds. The van der Waals surface area contributed by atoms with Gasteiger partial charge in [-0.15, -0.1) is 12.4 Å². The monoisotopic (exact) mass is 414 g/mol. The van der Waals surface area contributed by atoms with E-state index in [1.165, 1.54) is 5.56 Å². The van der Waals surface area contributed by atoms with Gasteiger partial charge < -0.3 is 15.4 Å². The number of rotatable bonds is 5. The summed E-state index contributed by atoms with van der Waals surface area (Å²) in [7, 11) is 0. The van der Waals surface area contributed by atoms with E-state index in [0.717, 1.165) is 37.2 Å². The third-order valence-corrected chi connectivity index (χ3v) is 4.81. The number of hydrogen-bond acceptors (Lipinski definition) is 3. The molecule has 0 unspecified atom stereocenters. The largest absolute Gasteiger partial charge is 0.490 e. The van der Waals surface area contributed by atoms with Crippen LogP contribution in [-0.4, -0.2) is 32.1 Å². The van der Waals surface area contributed by atoms with Gasteiger partial charge >= 0.3 is 0 Å². The molecular formula is C19H21Cl3N2O2. The number of halogens is 3. The number of hydrogen-bond donors (Lipinski definition) is 2. The molecule has 140 valence electrons. The van der Waals surface area contributed by atoms with Gasteiger partial charge in [0, 0.05) is 5.56 Å². The lowest BCUT2D eigenvalue weighted by atomic mass is 10.0. The topological polar surface area (TPSA) is 50.4 Å². The van der Waals surface area contributed by atoms with Crippen molar-refractivity contribution in [3.8, 4) is 5.75 Å². The number of carbonyl (C=O) groups is 1. The van der Waals surface area contributed by atoms with Gasteiger partial charge in [0.05, 0.1) is 22.2 Å². The molecule has 1 aliphatic heterocycles. The van der Waals surface area contributed by atoms with Crippen molar-refractivity contribution in [3.05, 3.63) is 63.1 Å². The van der Waals surface area contributed by atoms with E-state index in [9.17, 15) is 4.79 Å². The van der Waals surface area contributed by atoms with Crippen LogP contribution in [0.1, 0.15) is 21.5 Å². The summed E-state index contributed by atoms with van der Waals surface area (Å²) < 4.78 is 5.90. The first-order valence-corrected chi connectivity index (χ1v) is 9.09. The van der Waals surface area contributed by atoms with E-state index in [0.29, 0.717) is 28.8 Å². The molecule has 0 saturated heterocycles. The average molecular weight is 416 g/mol. The molecule has 0 fully saturated rings. The molecule has 1 aliphatic rings. The number of carbonyl (C=O) groups excluding carboxylic acids is 1. The predicted octanol–water partition coefficient (Wildman–Crippen LogP) is 3.91. The fraction of sp³-hybridized carbons (Fsp3) is 0.316. The molecule has 0 bridgehead atoms. The first-order chi connectivity index (χ1) is 12.2. The molecule has 4 nitrogen and oxygen atoms in total. The Labute approximate surface area is 169 Å². The molecule has 2 aromatic carbocycles. The SMILES string of the molecule is Cl.O=C(NCCOc1c(Cl)ccc2c1CCNCC2)c1ccccc1Cl. The minimum atomic E-state index is -0.212. The van der Waals surface area contributed by atoms with Gasteiger partial charge in [0.25, 0.3) is 5.91 Å². The summed E-state index contributed by atoms with van der Waals surface area (Å²) in [6.07, 6.45) is 1.85. The molecule has 0 saturated carbocycles. The van der Waals surface area contributed by atoms with E-state index < -0.39 is 0 Å². The Morgan fingerprint density at radius 1 is 1.08 bits per heavy atom. The van der Waals surface area contributed by atoms with Crippen LogP contribution in [0.3, 0.4) is 0 Å². The van der Waals surface area contributed by atoms with Gasteiger partial charge in [-0.25, -0.2) is 0 Å². The second-order valence-corrected chi connectivity index (χ2v) is 6.66. The molecule has 0 spiro atoms. The number of nitrogens with one attached hydrogen (secondary N) is 2. The van der Waals surface area contributed by atoms with E-state index in [4.69, 9.17) is 27.9 Å². The maximum Gasteiger partial charge on any atom is 0.252 e. The predicted molar refractivity (Wildman–Crippen MR) is 108 cm³/mol. The van der Waals surface area contributed by atoms with Gasteiger partial charge in [-0.1, -0.05) is 41.4 Å². The van der Waals surface area contributed by atoms with Crippen LogP contribution in [0, 0.1) is 0 Å². The lowest BCUT2D eigenvalue weighted by Crippen LogP contribution is -2.28. The molecule has 0 aromatic heterocycles. The smallest absolute Gasteiger partial charge is 0.252 e. The van der Waals surface area contributed by atoms with E-state index in [1.54, 1.807) is 24.3 Å². The normalized spacial score (nSPS) is 13.2. The molecule has 0 radical (unpaired) electrons. The highest BCUT2D eigenvalue weighted by Gasteiger charge is 2.16. The molecule has 3 rings (SSSR count). The summed E-state index contributed by atoms with van der Waals surface area (Å²) in [5.74, 6) is 0.520. The molecule has 2 aromatic rings. The summed E-state index contributed by atoms with van der Waals surface area (Å²) >= 11 is 12.4. The van der Waals surface area contributed by atoms with Crippen molar-refractivity contribution in [2.24, 2.45) is 0 Å². The Balaban J connectivity index is 0.00000243. The highest BCUT2D eigenvalue weighted by Crippen LogP contribution is 2.32. The maximum absolute atomic E-state index is 12.1. The third-order valence-electron chi connectivity index (χ3n) is 4.18. The highest BCUT2D eigenvalue weighted by molar-refractivity contribution is 6.33. The van der Waals surface area contributed by atoms with E-state index in [1.807, 2.05) is 6.07 Å². The van der Waals surface area contributed by atoms with Gasteiger partial charge in [-0.2, -0.15) is 0 Å². The van der Waals surface area contributed by atoms with Crippen LogP contribution in [0.4, 0.5) is 0 Å². The molecule has 1 heterocycles. The van der Waals surface area contributed by atoms with Crippen LogP contribution in [0.25, 0.3) is 0 Å². The Bertz CT molecular complexity index is 768. The molecule has 26 heavy (non-hydrogen) atoms. The van der Waals surface area contributed by atoms with Crippen LogP contribution in [0.15, 0.2) is 36.4 Å². The van der Waals surface area contributed by atoms with Gasteiger partial charge in [0.15, 0.2) is 0 Å². The maximum atomic E-state index is 12.1. The molecule has 2 N–H and O–H groups in total. The van der Waals surface area contributed by atoms with Crippen molar-refractivity contribution < 1.29 is 9.53 Å². The van der Waals surface area contributed by atoms with Crippen LogP contribution in [0.2, 0.25) is 10.0 Å². The van der Waals surface area contributed by atoms with Gasteiger partial charge in [0.2, 0.25) is 0 Å². The third kappa shape index (κ3) is 5.04. The molecule has 0 aliphatic carbocycles. The minimum Gasteiger partial charge on any atom is -0.490 e. The van der Waals surface area contributed by atoms with Gasteiger partial charge in [0.1, 0.15) is 12.4 Å². The fourth-order valence-electron chi connectivity index (χ4n) is 2.92. The Morgan fingerprint density at radius 2 is 1.85 bits per heavy atom. The Morgan fingerprint density at radius 3 is 2.65 bits per heavy atom. The number of fused-ring (bicyclic) bond motifs is 1. The fourth-order valence-corrected chi connectivity index (χ4v) is 3.38. The van der Waals surface area contributed by atoms with Crippen molar-refractivity contribution in [1.82, 2.24) is 10.6 Å². The standard InChI is InChI=1S/C19H20Cl2N2O2.ClH/c20-16-4-2-1-3-15(16)19(24)23-11-12-25-18-14-8-10-22-9-7-13(14)5-6-17(18)21;/h1-6,22H,7-12H2,(H,23,24);1H. The highest BCUT2D eigenvalue weighted by atomic mass is 35.5. The number of amides is 1. The van der Waals surface area contributed by atoms with Crippen molar-refractivity contribution in [1.29, 1.82) is 0 Å². The summed E-state index contributed by atoms with van der Waals surface area (Å²) in [6, 6.07) is 10.9. The van der Waals surface area contributed by atoms with Crippen molar-refractivity contribution in [2.45, 2.75) is 12.8 Å². The van der Waals surface area contributed by atoms with Crippen LogP contribution in [0.5, 0.6) is 5.75 Å². The van der Waals surface area contributed by atoms with E-state index >= 15 is 0 Å². The second-order valence-electron chi connectivity index (χ2n) is 5.85. The van der Waals surface area contributed by atoms with E-state index in [-0.39, 0.29) is 18.3 Å². The van der Waals surface area contributed by atoms with Crippen LogP contribution < -0.4 is 15.4 Å². The van der Waals surface area contributed by atoms with Crippen LogP contribution in [-0.2, 0) is 12.8 Å². The zero-order valence-corrected chi connectivity index (χ0v) is 16.5. The summed E-state index contributed by atoms with van der Waals surface area (Å²) in [5, 5.41) is 7.24. The zero-order chi connectivity index (χ0) is 17.6. The lowest BCUT2D eigenvalue weighted by molar-refractivity contribution is 0.0947. The number of ether oxygens (including phenoxy) is 1. The van der Waals surface area contributed by atoms with Crippen LogP contribution >= 0.6 is 35.6 Å². The van der Waals surface area contributed by atoms with Gasteiger partial charge in [-0.3, -0.25) is 4.79 Å². The molecular weight excluding hydrogens is 395 g/mol. The average Bonchev–Trinajstić information content (AvgIpc) is 2.86. The second kappa shape index (κ2) is 10.0. The van der Waals surface area contributed by atoms with Crippen molar-refractivity contribution in [2.75, 3.05) is 26.2 Å². The molecule has 0 atom stereocenters. The first-order valence-electron chi connectivity index (χ1n) is 8.33. The van der Waals surface area contributed by atoms with Crippen molar-refractivity contribution >= 4 is 41.5 Å². The minimum absolute atomic E-state index is 0. The Hall–Kier alpha value is -1.46. The number of benzene rings is 2.